The molecule has 1 unspecified atom stereocenters. The molecule has 3 N–H and O–H groups in total. The Bertz CT molecular complexity index is 434. The largest absolute Gasteiger partial charge is 0.393 e. The van der Waals surface area contributed by atoms with E-state index in [-0.39, 0.29) is 17.5 Å². The van der Waals surface area contributed by atoms with E-state index < -0.39 is 0 Å². The van der Waals surface area contributed by atoms with Crippen LogP contribution in [-0.4, -0.2) is 41.7 Å². The molecule has 1 heterocycles. The van der Waals surface area contributed by atoms with Gasteiger partial charge < -0.3 is 16.0 Å². The summed E-state index contributed by atoms with van der Waals surface area (Å²) in [6, 6.07) is 3.37. The lowest BCUT2D eigenvalue weighted by Crippen LogP contribution is -2.32. The first-order valence-electron chi connectivity index (χ1n) is 5.52. The first kappa shape index (κ1) is 14.3. The van der Waals surface area contributed by atoms with Crippen LogP contribution in [0.4, 0.5) is 5.82 Å². The maximum atomic E-state index is 11.3. The van der Waals surface area contributed by atoms with Gasteiger partial charge in [-0.25, -0.2) is 0 Å². The molecule has 0 aliphatic carbocycles. The molecule has 1 amide bonds. The highest BCUT2D eigenvalue weighted by atomic mass is 32.1. The fraction of sp³-hybridized carbons (Fsp3) is 0.455. The van der Waals surface area contributed by atoms with Crippen LogP contribution in [0.15, 0.2) is 12.1 Å². The molecule has 1 rings (SSSR count). The monoisotopic (exact) mass is 267 g/mol. The Balaban J connectivity index is 2.73. The fourth-order valence-corrected chi connectivity index (χ4v) is 1.45. The van der Waals surface area contributed by atoms with Gasteiger partial charge in [-0.2, -0.15) is 0 Å². The predicted octanol–water partition coefficient (Wildman–Crippen LogP) is 0.195. The molecule has 0 spiro atoms. The van der Waals surface area contributed by atoms with Gasteiger partial charge in [-0.05, 0) is 12.1 Å². The van der Waals surface area contributed by atoms with E-state index in [1.165, 1.54) is 0 Å². The molecule has 1 atom stereocenters. The molecular formula is C11H17N5OS. The summed E-state index contributed by atoms with van der Waals surface area (Å²) in [7, 11) is 3.42. The molecule has 7 heteroatoms. The number of amides is 1. The van der Waals surface area contributed by atoms with Crippen LogP contribution in [0.5, 0.6) is 0 Å². The van der Waals surface area contributed by atoms with Crippen molar-refractivity contribution < 1.29 is 4.79 Å². The van der Waals surface area contributed by atoms with Crippen molar-refractivity contribution in [3.8, 4) is 0 Å². The van der Waals surface area contributed by atoms with Crippen molar-refractivity contribution in [2.24, 2.45) is 11.7 Å². The lowest BCUT2D eigenvalue weighted by atomic mass is 10.2. The number of thiocarbonyl (C=S) groups is 1. The number of rotatable bonds is 5. The summed E-state index contributed by atoms with van der Waals surface area (Å²) < 4.78 is 0. The molecule has 0 saturated heterocycles. The molecule has 18 heavy (non-hydrogen) atoms. The van der Waals surface area contributed by atoms with Gasteiger partial charge in [0.2, 0.25) is 0 Å². The third kappa shape index (κ3) is 3.63. The number of hydrogen-bond acceptors (Lipinski definition) is 5. The SMILES string of the molecule is CNC(=O)c1ccc(N(C)CC(C)C(N)=S)nn1. The molecule has 6 nitrogen and oxygen atoms in total. The smallest absolute Gasteiger partial charge is 0.271 e. The van der Waals surface area contributed by atoms with Gasteiger partial charge in [-0.15, -0.1) is 10.2 Å². The van der Waals surface area contributed by atoms with Crippen LogP contribution in [-0.2, 0) is 0 Å². The summed E-state index contributed by atoms with van der Waals surface area (Å²) >= 11 is 4.92. The molecular weight excluding hydrogens is 250 g/mol. The van der Waals surface area contributed by atoms with Crippen LogP contribution >= 0.6 is 12.2 Å². The number of aromatic nitrogens is 2. The average molecular weight is 267 g/mol. The van der Waals surface area contributed by atoms with Crippen molar-refractivity contribution in [1.29, 1.82) is 0 Å². The van der Waals surface area contributed by atoms with Crippen molar-refractivity contribution in [2.45, 2.75) is 6.92 Å². The highest BCUT2D eigenvalue weighted by molar-refractivity contribution is 7.80. The second-order valence-electron chi connectivity index (χ2n) is 4.04. The minimum absolute atomic E-state index is 0.0883. The minimum atomic E-state index is -0.256. The van der Waals surface area contributed by atoms with Crippen LogP contribution in [0.1, 0.15) is 17.4 Å². The normalized spacial score (nSPS) is 11.7. The zero-order valence-corrected chi connectivity index (χ0v) is 11.5. The van der Waals surface area contributed by atoms with Crippen LogP contribution in [0.25, 0.3) is 0 Å². The summed E-state index contributed by atoms with van der Waals surface area (Å²) in [6.07, 6.45) is 0. The van der Waals surface area contributed by atoms with Crippen molar-refractivity contribution in [2.75, 3.05) is 25.5 Å². The van der Waals surface area contributed by atoms with Gasteiger partial charge in [-0.3, -0.25) is 4.79 Å². The van der Waals surface area contributed by atoms with Gasteiger partial charge in [-0.1, -0.05) is 19.1 Å². The maximum Gasteiger partial charge on any atom is 0.271 e. The van der Waals surface area contributed by atoms with Gasteiger partial charge in [0, 0.05) is 26.6 Å². The number of carbonyl (C=O) groups excluding carboxylic acids is 1. The van der Waals surface area contributed by atoms with Crippen molar-refractivity contribution in [1.82, 2.24) is 15.5 Å². The fourth-order valence-electron chi connectivity index (χ4n) is 1.37. The van der Waals surface area contributed by atoms with Crippen LogP contribution in [0.2, 0.25) is 0 Å². The van der Waals surface area contributed by atoms with E-state index in [9.17, 15) is 4.79 Å². The van der Waals surface area contributed by atoms with Crippen molar-refractivity contribution in [3.05, 3.63) is 17.8 Å². The van der Waals surface area contributed by atoms with E-state index in [4.69, 9.17) is 18.0 Å². The standard InChI is InChI=1S/C11H17N5OS/c1-7(10(12)18)6-16(3)9-5-4-8(14-15-9)11(17)13-2/h4-5,7H,6H2,1-3H3,(H2,12,18)(H,13,17). The van der Waals surface area contributed by atoms with Crippen LogP contribution in [0, 0.1) is 5.92 Å². The zero-order chi connectivity index (χ0) is 13.7. The Morgan fingerprint density at radius 3 is 2.67 bits per heavy atom. The number of nitrogens with zero attached hydrogens (tertiary/aromatic N) is 3. The molecule has 0 aliphatic heterocycles. The Morgan fingerprint density at radius 2 is 2.22 bits per heavy atom. The lowest BCUT2D eigenvalue weighted by Gasteiger charge is -2.21. The second kappa shape index (κ2) is 6.25. The third-order valence-corrected chi connectivity index (χ3v) is 2.94. The van der Waals surface area contributed by atoms with E-state index in [0.29, 0.717) is 17.4 Å². The molecule has 0 radical (unpaired) electrons. The summed E-state index contributed by atoms with van der Waals surface area (Å²) in [6.45, 7) is 2.61. The van der Waals surface area contributed by atoms with E-state index >= 15 is 0 Å². The second-order valence-corrected chi connectivity index (χ2v) is 4.51. The molecule has 0 aliphatic rings. The molecule has 0 saturated carbocycles. The number of anilines is 1. The number of hydrogen-bond donors (Lipinski definition) is 2. The third-order valence-electron chi connectivity index (χ3n) is 2.53. The predicted molar refractivity (Wildman–Crippen MR) is 74.6 cm³/mol. The van der Waals surface area contributed by atoms with Gasteiger partial charge in [0.1, 0.15) is 0 Å². The van der Waals surface area contributed by atoms with Gasteiger partial charge in [0.15, 0.2) is 11.5 Å². The molecule has 1 aromatic heterocycles. The summed E-state index contributed by atoms with van der Waals surface area (Å²) in [5.41, 5.74) is 5.85. The van der Waals surface area contributed by atoms with Gasteiger partial charge >= 0.3 is 0 Å². The Morgan fingerprint density at radius 1 is 1.56 bits per heavy atom. The number of carbonyl (C=O) groups is 1. The zero-order valence-electron chi connectivity index (χ0n) is 10.7. The molecule has 0 bridgehead atoms. The van der Waals surface area contributed by atoms with Crippen molar-refractivity contribution in [3.63, 3.8) is 0 Å². The summed E-state index contributed by atoms with van der Waals surface area (Å²) in [4.78, 5) is 13.7. The number of nitrogens with one attached hydrogen (secondary N) is 1. The van der Waals surface area contributed by atoms with E-state index in [1.807, 2.05) is 18.9 Å². The first-order chi connectivity index (χ1) is 8.45. The van der Waals surface area contributed by atoms with Crippen LogP contribution < -0.4 is 16.0 Å². The Labute approximate surface area is 112 Å². The summed E-state index contributed by atoms with van der Waals surface area (Å²) in [5.74, 6) is 0.504. The topological polar surface area (TPSA) is 84.1 Å². The van der Waals surface area contributed by atoms with E-state index in [1.54, 1.807) is 19.2 Å². The number of nitrogens with two attached hydrogens (primary N) is 1. The van der Waals surface area contributed by atoms with Gasteiger partial charge in [0.25, 0.3) is 5.91 Å². The Hall–Kier alpha value is -1.76. The van der Waals surface area contributed by atoms with E-state index in [2.05, 4.69) is 15.5 Å². The molecule has 98 valence electrons. The quantitative estimate of drug-likeness (QED) is 0.741. The Kier molecular flexibility index (Phi) is 4.96. The van der Waals surface area contributed by atoms with Crippen LogP contribution in [0.3, 0.4) is 0 Å². The highest BCUT2D eigenvalue weighted by Crippen LogP contribution is 2.10. The van der Waals surface area contributed by atoms with Gasteiger partial charge in [0.05, 0.1) is 4.99 Å². The average Bonchev–Trinajstić information content (AvgIpc) is 2.37. The lowest BCUT2D eigenvalue weighted by molar-refractivity contribution is 0.0957. The maximum absolute atomic E-state index is 11.3. The summed E-state index contributed by atoms with van der Waals surface area (Å²) in [5, 5.41) is 10.3. The minimum Gasteiger partial charge on any atom is -0.393 e. The van der Waals surface area contributed by atoms with Crippen molar-refractivity contribution >= 4 is 28.9 Å². The molecule has 0 aromatic carbocycles. The highest BCUT2D eigenvalue weighted by Gasteiger charge is 2.12. The molecule has 0 fully saturated rings. The molecule has 1 aromatic rings. The first-order valence-corrected chi connectivity index (χ1v) is 5.92. The van der Waals surface area contributed by atoms with E-state index in [0.717, 1.165) is 0 Å².